The van der Waals surface area contributed by atoms with E-state index in [2.05, 4.69) is 34.3 Å². The molecule has 0 aliphatic carbocycles. The van der Waals surface area contributed by atoms with E-state index in [0.717, 1.165) is 29.2 Å². The van der Waals surface area contributed by atoms with Crippen LogP contribution in [-0.4, -0.2) is 25.9 Å². The molecule has 0 fully saturated rings. The Morgan fingerprint density at radius 1 is 1.19 bits per heavy atom. The van der Waals surface area contributed by atoms with Crippen molar-refractivity contribution in [2.45, 2.75) is 34.2 Å². The molecule has 0 saturated heterocycles. The number of carbonyl (C=O) groups is 2. The van der Waals surface area contributed by atoms with Gasteiger partial charge in [-0.3, -0.25) is 25.0 Å². The maximum atomic E-state index is 12.6. The molecule has 32 heavy (non-hydrogen) atoms. The van der Waals surface area contributed by atoms with Crippen molar-refractivity contribution in [1.82, 2.24) is 25.0 Å². The van der Waals surface area contributed by atoms with Crippen LogP contribution in [0.25, 0.3) is 11.8 Å². The average molecular weight is 431 g/mol. The maximum absolute atomic E-state index is 12.6. The fourth-order valence-corrected chi connectivity index (χ4v) is 3.43. The highest BCUT2D eigenvalue weighted by Gasteiger charge is 2.17. The number of aromatic nitrogens is 3. The van der Waals surface area contributed by atoms with Crippen LogP contribution in [0.15, 0.2) is 54.5 Å². The number of nitriles is 1. The number of hydrogen-bond donors (Lipinski definition) is 2. The first-order valence-corrected chi connectivity index (χ1v) is 10.3. The van der Waals surface area contributed by atoms with Crippen molar-refractivity contribution in [2.75, 3.05) is 0 Å². The van der Waals surface area contributed by atoms with Crippen LogP contribution < -0.4 is 10.9 Å². The number of rotatable bonds is 6. The molecule has 2 amide bonds. The van der Waals surface area contributed by atoms with Gasteiger partial charge >= 0.3 is 0 Å². The molecule has 8 nitrogen and oxygen atoms in total. The quantitative estimate of drug-likeness (QED) is 0.356. The van der Waals surface area contributed by atoms with Crippen molar-refractivity contribution in [3.63, 3.8) is 0 Å². The predicted molar refractivity (Wildman–Crippen MR) is 122 cm³/mol. The van der Waals surface area contributed by atoms with Crippen LogP contribution in [0.5, 0.6) is 0 Å². The summed E-state index contributed by atoms with van der Waals surface area (Å²) in [5, 5.41) is 9.50. The molecule has 0 unspecified atom stereocenters. The van der Waals surface area contributed by atoms with Gasteiger partial charge in [0.25, 0.3) is 11.8 Å². The van der Waals surface area contributed by atoms with Gasteiger partial charge in [0.2, 0.25) is 0 Å². The number of imidazole rings is 1. The Hall–Kier alpha value is -4.12. The van der Waals surface area contributed by atoms with Crippen LogP contribution in [0, 0.1) is 31.1 Å². The van der Waals surface area contributed by atoms with Crippen molar-refractivity contribution in [1.29, 1.82) is 5.26 Å². The fourth-order valence-electron chi connectivity index (χ4n) is 3.43. The second-order valence-corrected chi connectivity index (χ2v) is 7.89. The van der Waals surface area contributed by atoms with Crippen LogP contribution in [-0.2, 0) is 11.3 Å². The zero-order chi connectivity index (χ0) is 23.3. The van der Waals surface area contributed by atoms with E-state index in [9.17, 15) is 14.9 Å². The normalized spacial score (nSPS) is 11.3. The summed E-state index contributed by atoms with van der Waals surface area (Å²) < 4.78 is 3.77. The lowest BCUT2D eigenvalue weighted by molar-refractivity contribution is -0.117. The molecule has 0 bridgehead atoms. The molecule has 3 rings (SSSR count). The minimum Gasteiger partial charge on any atom is -0.348 e. The van der Waals surface area contributed by atoms with Gasteiger partial charge in [0, 0.05) is 23.6 Å². The standard InChI is InChI=1S/C24H26N6O2/c1-16(2)14-29-17(3)10-19(18(29)4)11-20(12-25)23(31)27-28-24(32)22-13-26-15-30(22)21-8-6-5-7-9-21/h5-11,13,15-16H,14H2,1-4H3,(H,27,31)(H,28,32)/b20-11-. The van der Waals surface area contributed by atoms with E-state index in [4.69, 9.17) is 0 Å². The van der Waals surface area contributed by atoms with Gasteiger partial charge in [-0.15, -0.1) is 0 Å². The van der Waals surface area contributed by atoms with E-state index >= 15 is 0 Å². The average Bonchev–Trinajstić information content (AvgIpc) is 3.37. The third-order valence-electron chi connectivity index (χ3n) is 5.02. The van der Waals surface area contributed by atoms with E-state index in [1.807, 2.05) is 56.3 Å². The maximum Gasteiger partial charge on any atom is 0.288 e. The third kappa shape index (κ3) is 4.95. The Morgan fingerprint density at radius 3 is 2.56 bits per heavy atom. The van der Waals surface area contributed by atoms with E-state index in [0.29, 0.717) is 5.92 Å². The third-order valence-corrected chi connectivity index (χ3v) is 5.02. The lowest BCUT2D eigenvalue weighted by Crippen LogP contribution is -2.42. The molecule has 8 heteroatoms. The Labute approximate surface area is 187 Å². The molecule has 2 N–H and O–H groups in total. The summed E-state index contributed by atoms with van der Waals surface area (Å²) in [6.07, 6.45) is 4.45. The molecule has 0 radical (unpaired) electrons. The zero-order valence-electron chi connectivity index (χ0n) is 18.6. The van der Waals surface area contributed by atoms with Crippen molar-refractivity contribution in [2.24, 2.45) is 5.92 Å². The highest BCUT2D eigenvalue weighted by molar-refractivity contribution is 6.03. The fraction of sp³-hybridized carbons (Fsp3) is 0.250. The second kappa shape index (κ2) is 9.79. The predicted octanol–water partition coefficient (Wildman–Crippen LogP) is 3.31. The highest BCUT2D eigenvalue weighted by atomic mass is 16.2. The molecule has 2 heterocycles. The van der Waals surface area contributed by atoms with Crippen LogP contribution in [0.1, 0.15) is 41.3 Å². The molecule has 0 spiro atoms. The van der Waals surface area contributed by atoms with Crippen LogP contribution in [0.4, 0.5) is 0 Å². The van der Waals surface area contributed by atoms with Gasteiger partial charge in [0.1, 0.15) is 17.3 Å². The van der Waals surface area contributed by atoms with Crippen molar-refractivity contribution in [3.05, 3.63) is 77.1 Å². The first-order valence-electron chi connectivity index (χ1n) is 10.3. The van der Waals surface area contributed by atoms with Crippen molar-refractivity contribution in [3.8, 4) is 11.8 Å². The number of nitrogens with one attached hydrogen (secondary N) is 2. The Bertz CT molecular complexity index is 1200. The number of aryl methyl sites for hydroxylation is 1. The SMILES string of the molecule is Cc1cc(/C=C(/C#N)C(=O)NNC(=O)c2cncn2-c2ccccc2)c(C)n1CC(C)C. The van der Waals surface area contributed by atoms with Crippen LogP contribution >= 0.6 is 0 Å². The van der Waals surface area contributed by atoms with E-state index < -0.39 is 11.8 Å². The first kappa shape index (κ1) is 22.6. The summed E-state index contributed by atoms with van der Waals surface area (Å²) in [5.41, 5.74) is 8.41. The van der Waals surface area contributed by atoms with Gasteiger partial charge in [-0.05, 0) is 49.6 Å². The van der Waals surface area contributed by atoms with Crippen LogP contribution in [0.2, 0.25) is 0 Å². The Morgan fingerprint density at radius 2 is 1.91 bits per heavy atom. The number of benzene rings is 1. The van der Waals surface area contributed by atoms with Crippen molar-refractivity contribution < 1.29 is 9.59 Å². The lowest BCUT2D eigenvalue weighted by Gasteiger charge is -2.12. The number of nitrogens with zero attached hydrogens (tertiary/aromatic N) is 4. The first-order chi connectivity index (χ1) is 15.3. The molecule has 3 aromatic rings. The number of hydrogen-bond acceptors (Lipinski definition) is 4. The minimum absolute atomic E-state index is 0.105. The van der Waals surface area contributed by atoms with Gasteiger partial charge in [-0.25, -0.2) is 4.98 Å². The molecular weight excluding hydrogens is 404 g/mol. The van der Waals surface area contributed by atoms with Crippen molar-refractivity contribution >= 4 is 17.9 Å². The summed E-state index contributed by atoms with van der Waals surface area (Å²) in [7, 11) is 0. The van der Waals surface area contributed by atoms with Crippen LogP contribution in [0.3, 0.4) is 0 Å². The number of amides is 2. The summed E-state index contributed by atoms with van der Waals surface area (Å²) in [6, 6.07) is 13.1. The lowest BCUT2D eigenvalue weighted by atomic mass is 10.1. The topological polar surface area (TPSA) is 105 Å². The molecule has 1 aromatic carbocycles. The number of para-hydroxylation sites is 1. The van der Waals surface area contributed by atoms with Gasteiger partial charge in [-0.2, -0.15) is 5.26 Å². The number of carbonyl (C=O) groups excluding carboxylic acids is 2. The van der Waals surface area contributed by atoms with E-state index in [1.54, 1.807) is 4.57 Å². The molecule has 0 aliphatic rings. The minimum atomic E-state index is -0.694. The summed E-state index contributed by atoms with van der Waals surface area (Å²) >= 11 is 0. The summed E-state index contributed by atoms with van der Waals surface area (Å²) in [6.45, 7) is 9.07. The van der Waals surface area contributed by atoms with Gasteiger partial charge in [0.15, 0.2) is 0 Å². The largest absolute Gasteiger partial charge is 0.348 e. The van der Waals surface area contributed by atoms with Gasteiger partial charge < -0.3 is 4.57 Å². The Kier molecular flexibility index (Phi) is 6.90. The monoisotopic (exact) mass is 430 g/mol. The molecule has 0 aliphatic heterocycles. The number of hydrazine groups is 1. The molecular formula is C24H26N6O2. The zero-order valence-corrected chi connectivity index (χ0v) is 18.6. The van der Waals surface area contributed by atoms with Gasteiger partial charge in [-0.1, -0.05) is 32.0 Å². The Balaban J connectivity index is 1.73. The van der Waals surface area contributed by atoms with E-state index in [1.165, 1.54) is 18.6 Å². The summed E-state index contributed by atoms with van der Waals surface area (Å²) in [4.78, 5) is 29.1. The molecule has 0 atom stereocenters. The highest BCUT2D eigenvalue weighted by Crippen LogP contribution is 2.19. The molecule has 164 valence electrons. The molecule has 2 aromatic heterocycles. The van der Waals surface area contributed by atoms with Gasteiger partial charge in [0.05, 0.1) is 12.5 Å². The van der Waals surface area contributed by atoms with E-state index in [-0.39, 0.29) is 11.3 Å². The summed E-state index contributed by atoms with van der Waals surface area (Å²) in [5.74, 6) is -0.776. The smallest absolute Gasteiger partial charge is 0.288 e. The second-order valence-electron chi connectivity index (χ2n) is 7.89. The molecule has 0 saturated carbocycles.